The lowest BCUT2D eigenvalue weighted by molar-refractivity contribution is -0.142. The lowest BCUT2D eigenvalue weighted by Crippen LogP contribution is -2.28. The SMILES string of the molecule is Cc1cc(C(=O)NCCOCC(=O)O)c(C)n1C(C)c1ccccc1. The van der Waals surface area contributed by atoms with Crippen molar-refractivity contribution in [3.05, 3.63) is 58.9 Å². The predicted molar refractivity (Wildman–Crippen MR) is 94.9 cm³/mol. The number of amides is 1. The highest BCUT2D eigenvalue weighted by atomic mass is 16.5. The zero-order valence-corrected chi connectivity index (χ0v) is 14.8. The fourth-order valence-electron chi connectivity index (χ4n) is 2.98. The Bertz CT molecular complexity index is 737. The third-order valence-corrected chi connectivity index (χ3v) is 4.16. The normalized spacial score (nSPS) is 12.0. The molecule has 0 fully saturated rings. The van der Waals surface area contributed by atoms with Crippen LogP contribution >= 0.6 is 0 Å². The molecule has 1 amide bonds. The first-order valence-corrected chi connectivity index (χ1v) is 8.23. The quantitative estimate of drug-likeness (QED) is 0.721. The zero-order chi connectivity index (χ0) is 18.4. The standard InChI is InChI=1S/C19H24N2O4/c1-13-11-17(19(24)20-9-10-25-12-18(22)23)15(3)21(13)14(2)16-7-5-4-6-8-16/h4-8,11,14H,9-10,12H2,1-3H3,(H,20,24)(H,22,23). The van der Waals surface area contributed by atoms with Crippen LogP contribution in [0.5, 0.6) is 0 Å². The summed E-state index contributed by atoms with van der Waals surface area (Å²) in [5, 5.41) is 11.3. The maximum Gasteiger partial charge on any atom is 0.329 e. The van der Waals surface area contributed by atoms with Crippen molar-refractivity contribution in [2.24, 2.45) is 0 Å². The highest BCUT2D eigenvalue weighted by Crippen LogP contribution is 2.25. The van der Waals surface area contributed by atoms with Gasteiger partial charge < -0.3 is 19.7 Å². The second-order valence-corrected chi connectivity index (χ2v) is 5.94. The number of carbonyl (C=O) groups excluding carboxylic acids is 1. The van der Waals surface area contributed by atoms with Crippen LogP contribution in [0.3, 0.4) is 0 Å². The number of carboxylic acids is 1. The van der Waals surface area contributed by atoms with E-state index in [0.29, 0.717) is 5.56 Å². The molecule has 25 heavy (non-hydrogen) atoms. The zero-order valence-electron chi connectivity index (χ0n) is 14.8. The minimum atomic E-state index is -1.02. The van der Waals surface area contributed by atoms with Gasteiger partial charge >= 0.3 is 5.97 Å². The average molecular weight is 344 g/mol. The second kappa shape index (κ2) is 8.48. The Balaban J connectivity index is 2.05. The van der Waals surface area contributed by atoms with Crippen LogP contribution in [0, 0.1) is 13.8 Å². The van der Waals surface area contributed by atoms with Crippen molar-refractivity contribution in [2.75, 3.05) is 19.8 Å². The summed E-state index contributed by atoms with van der Waals surface area (Å²) in [7, 11) is 0. The molecule has 0 aliphatic heterocycles. The van der Waals surface area contributed by atoms with Gasteiger partial charge in [-0.2, -0.15) is 0 Å². The molecule has 1 unspecified atom stereocenters. The first-order chi connectivity index (χ1) is 11.9. The molecule has 0 saturated heterocycles. The minimum absolute atomic E-state index is 0.127. The predicted octanol–water partition coefficient (Wildman–Crippen LogP) is 2.55. The number of aliphatic carboxylic acids is 1. The van der Waals surface area contributed by atoms with Crippen molar-refractivity contribution in [1.82, 2.24) is 9.88 Å². The number of benzene rings is 1. The number of ether oxygens (including phenoxy) is 1. The Hall–Kier alpha value is -2.60. The van der Waals surface area contributed by atoms with Gasteiger partial charge in [-0.3, -0.25) is 4.79 Å². The molecule has 0 saturated carbocycles. The summed E-state index contributed by atoms with van der Waals surface area (Å²) in [6.07, 6.45) is 0. The van der Waals surface area contributed by atoms with Gasteiger partial charge in [-0.15, -0.1) is 0 Å². The molecule has 0 aliphatic carbocycles. The summed E-state index contributed by atoms with van der Waals surface area (Å²) in [6, 6.07) is 12.1. The smallest absolute Gasteiger partial charge is 0.329 e. The molecule has 1 heterocycles. The fourth-order valence-corrected chi connectivity index (χ4v) is 2.98. The number of nitrogens with one attached hydrogen (secondary N) is 1. The molecule has 0 aliphatic rings. The summed E-state index contributed by atoms with van der Waals surface area (Å²) < 4.78 is 7.06. The monoisotopic (exact) mass is 344 g/mol. The molecule has 2 N–H and O–H groups in total. The van der Waals surface area contributed by atoms with Gasteiger partial charge in [0.15, 0.2) is 0 Å². The Labute approximate surface area is 147 Å². The molecule has 1 aromatic heterocycles. The van der Waals surface area contributed by atoms with Crippen LogP contribution in [0.25, 0.3) is 0 Å². The van der Waals surface area contributed by atoms with Crippen molar-refractivity contribution >= 4 is 11.9 Å². The molecule has 134 valence electrons. The number of carboxylic acid groups (broad SMARTS) is 1. The Morgan fingerprint density at radius 3 is 2.56 bits per heavy atom. The van der Waals surface area contributed by atoms with E-state index in [0.717, 1.165) is 11.4 Å². The van der Waals surface area contributed by atoms with E-state index in [4.69, 9.17) is 9.84 Å². The van der Waals surface area contributed by atoms with Crippen LogP contribution in [0.1, 0.15) is 40.3 Å². The lowest BCUT2D eigenvalue weighted by Gasteiger charge is -2.19. The third-order valence-electron chi connectivity index (χ3n) is 4.16. The molecular weight excluding hydrogens is 320 g/mol. The molecule has 2 rings (SSSR count). The average Bonchev–Trinajstić information content (AvgIpc) is 2.89. The minimum Gasteiger partial charge on any atom is -0.480 e. The van der Waals surface area contributed by atoms with E-state index in [1.165, 1.54) is 5.56 Å². The summed E-state index contributed by atoms with van der Waals surface area (Å²) in [6.45, 7) is 6.10. The summed E-state index contributed by atoms with van der Waals surface area (Å²) in [5.41, 5.74) is 3.72. The first kappa shape index (κ1) is 18.7. The van der Waals surface area contributed by atoms with Gasteiger partial charge in [-0.1, -0.05) is 30.3 Å². The second-order valence-electron chi connectivity index (χ2n) is 5.94. The van der Waals surface area contributed by atoms with E-state index >= 15 is 0 Å². The van der Waals surface area contributed by atoms with Crippen LogP contribution in [0.4, 0.5) is 0 Å². The van der Waals surface area contributed by atoms with Gasteiger partial charge in [0, 0.05) is 17.9 Å². The molecule has 0 spiro atoms. The van der Waals surface area contributed by atoms with Crippen LogP contribution in [0.15, 0.2) is 36.4 Å². The fraction of sp³-hybridized carbons (Fsp3) is 0.368. The molecule has 1 atom stereocenters. The number of nitrogens with zero attached hydrogens (tertiary/aromatic N) is 1. The van der Waals surface area contributed by atoms with Crippen LogP contribution < -0.4 is 5.32 Å². The van der Waals surface area contributed by atoms with E-state index in [1.54, 1.807) is 0 Å². The molecule has 0 radical (unpaired) electrons. The van der Waals surface area contributed by atoms with Crippen LogP contribution in [-0.4, -0.2) is 41.3 Å². The highest BCUT2D eigenvalue weighted by Gasteiger charge is 2.19. The van der Waals surface area contributed by atoms with Crippen molar-refractivity contribution in [2.45, 2.75) is 26.8 Å². The maximum atomic E-state index is 12.4. The highest BCUT2D eigenvalue weighted by molar-refractivity contribution is 5.95. The molecule has 6 heteroatoms. The number of carbonyl (C=O) groups is 2. The summed E-state index contributed by atoms with van der Waals surface area (Å²) in [5.74, 6) is -1.21. The van der Waals surface area contributed by atoms with E-state index in [1.807, 2.05) is 38.1 Å². The van der Waals surface area contributed by atoms with Crippen molar-refractivity contribution in [3.63, 3.8) is 0 Å². The van der Waals surface area contributed by atoms with E-state index in [-0.39, 0.29) is 31.7 Å². The number of hydrogen-bond acceptors (Lipinski definition) is 3. The number of aryl methyl sites for hydroxylation is 1. The van der Waals surface area contributed by atoms with Crippen molar-refractivity contribution < 1.29 is 19.4 Å². The van der Waals surface area contributed by atoms with Gasteiger partial charge in [0.25, 0.3) is 5.91 Å². The van der Waals surface area contributed by atoms with Crippen molar-refractivity contribution in [1.29, 1.82) is 0 Å². The summed E-state index contributed by atoms with van der Waals surface area (Å²) in [4.78, 5) is 22.8. The van der Waals surface area contributed by atoms with Gasteiger partial charge in [-0.05, 0) is 32.4 Å². The largest absolute Gasteiger partial charge is 0.480 e. The molecule has 0 bridgehead atoms. The first-order valence-electron chi connectivity index (χ1n) is 8.23. The van der Waals surface area contributed by atoms with Gasteiger partial charge in [0.1, 0.15) is 6.61 Å². The molecule has 2 aromatic rings. The molecule has 1 aromatic carbocycles. The lowest BCUT2D eigenvalue weighted by atomic mass is 10.1. The van der Waals surface area contributed by atoms with Gasteiger partial charge in [0.05, 0.1) is 18.2 Å². The maximum absolute atomic E-state index is 12.4. The van der Waals surface area contributed by atoms with Gasteiger partial charge in [0.2, 0.25) is 0 Å². The number of aromatic nitrogens is 1. The third kappa shape index (κ3) is 4.70. The number of hydrogen-bond donors (Lipinski definition) is 2. The van der Waals surface area contributed by atoms with Crippen molar-refractivity contribution in [3.8, 4) is 0 Å². The van der Waals surface area contributed by atoms with Crippen LogP contribution in [-0.2, 0) is 9.53 Å². The van der Waals surface area contributed by atoms with Crippen LogP contribution in [0.2, 0.25) is 0 Å². The molecule has 6 nitrogen and oxygen atoms in total. The van der Waals surface area contributed by atoms with Gasteiger partial charge in [-0.25, -0.2) is 4.79 Å². The molecular formula is C19H24N2O4. The Morgan fingerprint density at radius 2 is 1.92 bits per heavy atom. The van der Waals surface area contributed by atoms with E-state index in [9.17, 15) is 9.59 Å². The van der Waals surface area contributed by atoms with E-state index in [2.05, 4.69) is 28.9 Å². The number of rotatable bonds is 8. The Kier molecular flexibility index (Phi) is 6.36. The Morgan fingerprint density at radius 1 is 1.24 bits per heavy atom. The topological polar surface area (TPSA) is 80.6 Å². The van der Waals surface area contributed by atoms with E-state index < -0.39 is 5.97 Å². The summed E-state index contributed by atoms with van der Waals surface area (Å²) >= 11 is 0.